The Morgan fingerprint density at radius 3 is 2.44 bits per heavy atom. The van der Waals surface area contributed by atoms with Crippen LogP contribution in [0.2, 0.25) is 5.02 Å². The summed E-state index contributed by atoms with van der Waals surface area (Å²) in [7, 11) is 0. The standard InChI is InChI=1S/C12H13ClN2S/c1-7(14)12-15-11(8(2)16-12)9-3-5-10(13)6-4-9/h3-7H,14H2,1-2H3. The van der Waals surface area contributed by atoms with Gasteiger partial charge in [0.1, 0.15) is 5.01 Å². The quantitative estimate of drug-likeness (QED) is 0.883. The first-order valence-corrected chi connectivity index (χ1v) is 6.26. The molecule has 0 radical (unpaired) electrons. The molecule has 2 rings (SSSR count). The van der Waals surface area contributed by atoms with Crippen molar-refractivity contribution in [3.05, 3.63) is 39.2 Å². The van der Waals surface area contributed by atoms with Gasteiger partial charge in [0, 0.05) is 15.5 Å². The first-order valence-electron chi connectivity index (χ1n) is 5.07. The van der Waals surface area contributed by atoms with Gasteiger partial charge in [-0.05, 0) is 26.0 Å². The Balaban J connectivity index is 2.44. The first-order chi connectivity index (χ1) is 7.58. The minimum atomic E-state index is -0.00949. The molecular formula is C12H13ClN2S. The van der Waals surface area contributed by atoms with E-state index in [-0.39, 0.29) is 6.04 Å². The van der Waals surface area contributed by atoms with Crippen LogP contribution in [0.4, 0.5) is 0 Å². The van der Waals surface area contributed by atoms with E-state index in [4.69, 9.17) is 17.3 Å². The second kappa shape index (κ2) is 4.53. The molecule has 0 amide bonds. The van der Waals surface area contributed by atoms with E-state index in [0.29, 0.717) is 0 Å². The van der Waals surface area contributed by atoms with Crippen LogP contribution >= 0.6 is 22.9 Å². The number of hydrogen-bond donors (Lipinski definition) is 1. The lowest BCUT2D eigenvalue weighted by atomic mass is 10.1. The number of rotatable bonds is 2. The number of aromatic nitrogens is 1. The molecule has 2 nitrogen and oxygen atoms in total. The molecule has 0 saturated heterocycles. The Morgan fingerprint density at radius 1 is 1.31 bits per heavy atom. The van der Waals surface area contributed by atoms with Crippen molar-refractivity contribution < 1.29 is 0 Å². The van der Waals surface area contributed by atoms with Crippen LogP contribution in [0.5, 0.6) is 0 Å². The molecule has 1 unspecified atom stereocenters. The van der Waals surface area contributed by atoms with Crippen molar-refractivity contribution in [2.24, 2.45) is 5.73 Å². The van der Waals surface area contributed by atoms with Crippen LogP contribution in [-0.4, -0.2) is 4.98 Å². The van der Waals surface area contributed by atoms with E-state index in [9.17, 15) is 0 Å². The minimum absolute atomic E-state index is 0.00949. The highest BCUT2D eigenvalue weighted by Gasteiger charge is 2.11. The van der Waals surface area contributed by atoms with Crippen molar-refractivity contribution in [1.82, 2.24) is 4.98 Å². The van der Waals surface area contributed by atoms with E-state index in [0.717, 1.165) is 21.3 Å². The molecule has 4 heteroatoms. The Kier molecular flexibility index (Phi) is 3.28. The maximum atomic E-state index is 5.86. The third-order valence-electron chi connectivity index (χ3n) is 2.32. The van der Waals surface area contributed by atoms with Crippen molar-refractivity contribution in [3.63, 3.8) is 0 Å². The number of nitrogens with zero attached hydrogens (tertiary/aromatic N) is 1. The Labute approximate surface area is 104 Å². The highest BCUT2D eigenvalue weighted by atomic mass is 35.5. The fourth-order valence-electron chi connectivity index (χ4n) is 1.49. The summed E-state index contributed by atoms with van der Waals surface area (Å²) >= 11 is 7.51. The van der Waals surface area contributed by atoms with Crippen LogP contribution in [0.3, 0.4) is 0 Å². The predicted octanol–water partition coefficient (Wildman–Crippen LogP) is 3.79. The molecule has 84 valence electrons. The van der Waals surface area contributed by atoms with Gasteiger partial charge in [0.05, 0.1) is 11.7 Å². The topological polar surface area (TPSA) is 38.9 Å². The highest BCUT2D eigenvalue weighted by Crippen LogP contribution is 2.30. The van der Waals surface area contributed by atoms with E-state index in [2.05, 4.69) is 11.9 Å². The first kappa shape index (κ1) is 11.6. The van der Waals surface area contributed by atoms with Crippen LogP contribution in [0.25, 0.3) is 11.3 Å². The monoisotopic (exact) mass is 252 g/mol. The van der Waals surface area contributed by atoms with Gasteiger partial charge in [0.15, 0.2) is 0 Å². The van der Waals surface area contributed by atoms with Gasteiger partial charge in [-0.25, -0.2) is 4.98 Å². The summed E-state index contributed by atoms with van der Waals surface area (Å²) in [6.45, 7) is 4.01. The van der Waals surface area contributed by atoms with Gasteiger partial charge in [-0.2, -0.15) is 0 Å². The zero-order valence-electron chi connectivity index (χ0n) is 9.20. The molecule has 16 heavy (non-hydrogen) atoms. The summed E-state index contributed by atoms with van der Waals surface area (Å²) in [5, 5.41) is 1.71. The van der Waals surface area contributed by atoms with Crippen LogP contribution in [0.15, 0.2) is 24.3 Å². The van der Waals surface area contributed by atoms with E-state index in [1.807, 2.05) is 31.2 Å². The molecule has 1 heterocycles. The van der Waals surface area contributed by atoms with Gasteiger partial charge in [-0.3, -0.25) is 0 Å². The lowest BCUT2D eigenvalue weighted by Gasteiger charge is -1.99. The molecule has 0 saturated carbocycles. The summed E-state index contributed by atoms with van der Waals surface area (Å²) in [6, 6.07) is 7.71. The molecule has 0 aliphatic heterocycles. The Bertz CT molecular complexity index is 488. The van der Waals surface area contributed by atoms with E-state index >= 15 is 0 Å². The SMILES string of the molecule is Cc1sc(C(C)N)nc1-c1ccc(Cl)cc1. The number of hydrogen-bond acceptors (Lipinski definition) is 3. The highest BCUT2D eigenvalue weighted by molar-refractivity contribution is 7.12. The molecule has 0 aliphatic carbocycles. The second-order valence-corrected chi connectivity index (χ2v) is 5.42. The van der Waals surface area contributed by atoms with Gasteiger partial charge >= 0.3 is 0 Å². The Morgan fingerprint density at radius 2 is 1.94 bits per heavy atom. The zero-order valence-corrected chi connectivity index (χ0v) is 10.8. The molecule has 1 aromatic heterocycles. The van der Waals surface area contributed by atoms with Crippen molar-refractivity contribution in [3.8, 4) is 11.3 Å². The number of nitrogens with two attached hydrogens (primary N) is 1. The van der Waals surface area contributed by atoms with Crippen LogP contribution in [-0.2, 0) is 0 Å². The maximum Gasteiger partial charge on any atom is 0.110 e. The van der Waals surface area contributed by atoms with Crippen molar-refractivity contribution >= 4 is 22.9 Å². The maximum absolute atomic E-state index is 5.86. The molecule has 2 aromatic rings. The molecule has 0 spiro atoms. The summed E-state index contributed by atoms with van der Waals surface area (Å²) in [4.78, 5) is 5.75. The smallest absolute Gasteiger partial charge is 0.110 e. The van der Waals surface area contributed by atoms with Crippen LogP contribution in [0.1, 0.15) is 22.9 Å². The number of benzene rings is 1. The fraction of sp³-hybridized carbons (Fsp3) is 0.250. The van der Waals surface area contributed by atoms with Crippen molar-refractivity contribution in [1.29, 1.82) is 0 Å². The lowest BCUT2D eigenvalue weighted by molar-refractivity contribution is 0.808. The van der Waals surface area contributed by atoms with E-state index < -0.39 is 0 Å². The lowest BCUT2D eigenvalue weighted by Crippen LogP contribution is -2.03. The number of thiazole rings is 1. The summed E-state index contributed by atoms with van der Waals surface area (Å²) in [5.74, 6) is 0. The normalized spacial score (nSPS) is 12.8. The zero-order chi connectivity index (χ0) is 11.7. The molecule has 1 aromatic carbocycles. The van der Waals surface area contributed by atoms with Crippen molar-refractivity contribution in [2.75, 3.05) is 0 Å². The summed E-state index contributed by atoms with van der Waals surface area (Å²) < 4.78 is 0. The minimum Gasteiger partial charge on any atom is -0.322 e. The molecule has 0 bridgehead atoms. The third-order valence-corrected chi connectivity index (χ3v) is 3.74. The molecule has 2 N–H and O–H groups in total. The van der Waals surface area contributed by atoms with Gasteiger partial charge in [-0.1, -0.05) is 23.7 Å². The van der Waals surface area contributed by atoms with Gasteiger partial charge in [-0.15, -0.1) is 11.3 Å². The van der Waals surface area contributed by atoms with E-state index in [1.165, 1.54) is 4.88 Å². The second-order valence-electron chi connectivity index (χ2n) is 3.75. The van der Waals surface area contributed by atoms with E-state index in [1.54, 1.807) is 11.3 Å². The molecule has 1 atom stereocenters. The number of aryl methyl sites for hydroxylation is 1. The average Bonchev–Trinajstić information content (AvgIpc) is 2.62. The van der Waals surface area contributed by atoms with Crippen LogP contribution in [0, 0.1) is 6.92 Å². The van der Waals surface area contributed by atoms with Gasteiger partial charge in [0.25, 0.3) is 0 Å². The summed E-state index contributed by atoms with van der Waals surface area (Å²) in [6.07, 6.45) is 0. The molecule has 0 aliphatic rings. The average molecular weight is 253 g/mol. The fourth-order valence-corrected chi connectivity index (χ4v) is 2.51. The van der Waals surface area contributed by atoms with Gasteiger partial charge < -0.3 is 5.73 Å². The molecular weight excluding hydrogens is 240 g/mol. The Hall–Kier alpha value is -0.900. The summed E-state index contributed by atoms with van der Waals surface area (Å²) in [5.41, 5.74) is 7.92. The van der Waals surface area contributed by atoms with Crippen molar-refractivity contribution in [2.45, 2.75) is 19.9 Å². The molecule has 0 fully saturated rings. The predicted molar refractivity (Wildman–Crippen MR) is 69.9 cm³/mol. The van der Waals surface area contributed by atoms with Gasteiger partial charge in [0.2, 0.25) is 0 Å². The third kappa shape index (κ3) is 2.26. The number of halogens is 1. The largest absolute Gasteiger partial charge is 0.322 e. The van der Waals surface area contributed by atoms with Crippen LogP contribution < -0.4 is 5.73 Å².